The number of aryl methyl sites for hydroxylation is 4. The van der Waals surface area contributed by atoms with Crippen LogP contribution in [-0.2, 0) is 30.4 Å². The normalized spacial score (nSPS) is 12.4. The number of nitrogens with zero attached hydrogens (tertiary/aromatic N) is 4. The molecule has 0 saturated heterocycles. The summed E-state index contributed by atoms with van der Waals surface area (Å²) in [4.78, 5) is 19.9. The van der Waals surface area contributed by atoms with Crippen molar-refractivity contribution in [2.24, 2.45) is 0 Å². The van der Waals surface area contributed by atoms with Gasteiger partial charge < -0.3 is 4.74 Å². The molecule has 0 aliphatic rings. The average molecular weight is 759 g/mol. The van der Waals surface area contributed by atoms with Crippen LogP contribution >= 0.6 is 0 Å². The van der Waals surface area contributed by atoms with Crippen molar-refractivity contribution in [2.45, 2.75) is 130 Å². The molecule has 4 aromatic carbocycles. The van der Waals surface area contributed by atoms with E-state index in [2.05, 4.69) is 125 Å². The Bertz CT molecular complexity index is 1870. The van der Waals surface area contributed by atoms with Gasteiger partial charge in [0.25, 0.3) is 0 Å². The number of hydrogen-bond acceptors (Lipinski definition) is 5. The summed E-state index contributed by atoms with van der Waals surface area (Å²) in [6, 6.07) is 35.0. The van der Waals surface area contributed by atoms with Crippen LogP contribution in [0.25, 0.3) is 22.5 Å². The minimum absolute atomic E-state index is 0.487. The van der Waals surface area contributed by atoms with Gasteiger partial charge in [-0.15, -0.1) is 0 Å². The minimum atomic E-state index is -0.487. The highest BCUT2D eigenvalue weighted by Crippen LogP contribution is 2.36. The van der Waals surface area contributed by atoms with Crippen LogP contribution in [-0.4, -0.2) is 19.9 Å². The third kappa shape index (κ3) is 12.0. The Labute approximate surface area is 342 Å². The van der Waals surface area contributed by atoms with Crippen LogP contribution in [0.2, 0.25) is 0 Å². The zero-order chi connectivity index (χ0) is 39.7. The number of rotatable bonds is 22. The fourth-order valence-corrected chi connectivity index (χ4v) is 7.43. The zero-order valence-corrected chi connectivity index (χ0v) is 34.8. The van der Waals surface area contributed by atoms with Crippen molar-refractivity contribution >= 4 is 0 Å². The maximum Gasteiger partial charge on any atom is 0.127 e. The summed E-state index contributed by atoms with van der Waals surface area (Å²) in [6.45, 7) is 8.88. The van der Waals surface area contributed by atoms with Gasteiger partial charge in [-0.1, -0.05) is 176 Å². The van der Waals surface area contributed by atoms with Crippen molar-refractivity contribution in [3.05, 3.63) is 167 Å². The molecule has 5 nitrogen and oxygen atoms in total. The van der Waals surface area contributed by atoms with Gasteiger partial charge in [0, 0.05) is 11.1 Å². The summed E-state index contributed by atoms with van der Waals surface area (Å²) >= 11 is 0. The molecule has 57 heavy (non-hydrogen) atoms. The van der Waals surface area contributed by atoms with Crippen molar-refractivity contribution in [1.82, 2.24) is 19.9 Å². The van der Waals surface area contributed by atoms with Crippen LogP contribution < -0.4 is 0 Å². The lowest BCUT2D eigenvalue weighted by atomic mass is 9.99. The van der Waals surface area contributed by atoms with E-state index in [1.165, 1.54) is 86.5 Å². The van der Waals surface area contributed by atoms with E-state index in [9.17, 15) is 0 Å². The maximum absolute atomic E-state index is 7.27. The van der Waals surface area contributed by atoms with Gasteiger partial charge in [0.1, 0.15) is 12.2 Å². The Morgan fingerprint density at radius 1 is 0.386 bits per heavy atom. The Balaban J connectivity index is 1.32. The molecule has 0 spiro atoms. The van der Waals surface area contributed by atoms with E-state index in [0.29, 0.717) is 0 Å². The first kappa shape index (κ1) is 41.6. The van der Waals surface area contributed by atoms with E-state index < -0.39 is 12.2 Å². The molecule has 0 saturated carbocycles. The van der Waals surface area contributed by atoms with Gasteiger partial charge >= 0.3 is 0 Å². The molecule has 0 bridgehead atoms. The summed E-state index contributed by atoms with van der Waals surface area (Å²) in [5, 5.41) is 0. The van der Waals surface area contributed by atoms with E-state index >= 15 is 0 Å². The van der Waals surface area contributed by atoms with Crippen LogP contribution in [0.3, 0.4) is 0 Å². The van der Waals surface area contributed by atoms with Crippen molar-refractivity contribution in [2.75, 3.05) is 0 Å². The van der Waals surface area contributed by atoms with Gasteiger partial charge in [0.2, 0.25) is 0 Å². The molecular weight excluding hydrogens is 697 g/mol. The second kappa shape index (κ2) is 22.1. The van der Waals surface area contributed by atoms with E-state index in [4.69, 9.17) is 24.7 Å². The second-order valence-corrected chi connectivity index (χ2v) is 15.5. The highest BCUT2D eigenvalue weighted by Gasteiger charge is 2.26. The second-order valence-electron chi connectivity index (χ2n) is 15.5. The first-order chi connectivity index (χ1) is 28.1. The summed E-state index contributed by atoms with van der Waals surface area (Å²) in [6.07, 6.45) is 23.4. The van der Waals surface area contributed by atoms with Crippen molar-refractivity contribution in [3.8, 4) is 22.5 Å². The Hall–Kier alpha value is -5.00. The molecule has 0 fully saturated rings. The lowest BCUT2D eigenvalue weighted by Crippen LogP contribution is -2.16. The number of aromatic nitrogens is 4. The first-order valence-electron chi connectivity index (χ1n) is 21.7. The molecule has 2 aromatic heterocycles. The molecule has 296 valence electrons. The number of ether oxygens (including phenoxy) is 1. The molecule has 0 aliphatic carbocycles. The van der Waals surface area contributed by atoms with Crippen molar-refractivity contribution in [3.63, 3.8) is 0 Å². The fraction of sp³-hybridized carbons (Fsp3) is 0.385. The molecule has 2 unspecified atom stereocenters. The fourth-order valence-electron chi connectivity index (χ4n) is 7.43. The lowest BCUT2D eigenvalue weighted by Gasteiger charge is -2.25. The first-order valence-corrected chi connectivity index (χ1v) is 21.7. The average Bonchev–Trinajstić information content (AvgIpc) is 3.27. The van der Waals surface area contributed by atoms with Crippen LogP contribution in [0.1, 0.15) is 149 Å². The van der Waals surface area contributed by atoms with E-state index in [-0.39, 0.29) is 0 Å². The molecule has 0 amide bonds. The standard InChI is InChI=1S/C52H62N4O/c1-5-9-11-13-15-17-41-23-31-45(32-24-41)51(49-37-53-47(35-55-49)43-27-19-39(7-3)20-28-43)57-52(46-33-25-42(26-34-46)18-16-14-12-10-6-2)50-38-54-48(36-56-50)44-29-21-40(8-4)22-30-44/h19-38,51-52H,5-18H2,1-4H3. The summed E-state index contributed by atoms with van der Waals surface area (Å²) in [7, 11) is 0. The molecule has 0 N–H and O–H groups in total. The van der Waals surface area contributed by atoms with Gasteiger partial charge in [0.15, 0.2) is 0 Å². The molecular formula is C52H62N4O. The molecule has 0 aliphatic heterocycles. The van der Waals surface area contributed by atoms with Gasteiger partial charge in [-0.2, -0.15) is 0 Å². The smallest absolute Gasteiger partial charge is 0.127 e. The summed E-state index contributed by atoms with van der Waals surface area (Å²) in [5.41, 5.74) is 12.7. The van der Waals surface area contributed by atoms with Crippen LogP contribution in [0.15, 0.2) is 122 Å². The molecule has 0 radical (unpaired) electrons. The molecule has 2 heterocycles. The number of unbranched alkanes of at least 4 members (excludes halogenated alkanes) is 8. The van der Waals surface area contributed by atoms with Gasteiger partial charge in [-0.25, -0.2) is 0 Å². The van der Waals surface area contributed by atoms with Gasteiger partial charge in [-0.3, -0.25) is 19.9 Å². The van der Waals surface area contributed by atoms with Gasteiger partial charge in [0.05, 0.1) is 47.6 Å². The molecule has 2 atom stereocenters. The lowest BCUT2D eigenvalue weighted by molar-refractivity contribution is 0.0258. The monoisotopic (exact) mass is 758 g/mol. The number of hydrogen-bond donors (Lipinski definition) is 0. The predicted octanol–water partition coefficient (Wildman–Crippen LogP) is 13.6. The highest BCUT2D eigenvalue weighted by atomic mass is 16.5. The van der Waals surface area contributed by atoms with Crippen LogP contribution in [0.5, 0.6) is 0 Å². The molecule has 5 heteroatoms. The largest absolute Gasteiger partial charge is 0.353 e. The maximum atomic E-state index is 7.27. The zero-order valence-electron chi connectivity index (χ0n) is 34.8. The Morgan fingerprint density at radius 3 is 1.09 bits per heavy atom. The van der Waals surface area contributed by atoms with Gasteiger partial charge in [-0.05, 0) is 71.9 Å². The summed E-state index contributed by atoms with van der Waals surface area (Å²) in [5.74, 6) is 0. The number of benzene rings is 4. The topological polar surface area (TPSA) is 60.8 Å². The Kier molecular flexibility index (Phi) is 16.1. The Morgan fingerprint density at radius 2 is 0.754 bits per heavy atom. The SMILES string of the molecule is CCCCCCCc1ccc(C(OC(c2ccc(CCCCCCC)cc2)c2cnc(-c3ccc(CC)cc3)cn2)c2cnc(-c3ccc(CC)cc3)cn2)cc1. The minimum Gasteiger partial charge on any atom is -0.353 e. The molecule has 6 rings (SSSR count). The summed E-state index contributed by atoms with van der Waals surface area (Å²) < 4.78 is 7.27. The highest BCUT2D eigenvalue weighted by molar-refractivity contribution is 5.59. The third-order valence-electron chi connectivity index (χ3n) is 11.2. The third-order valence-corrected chi connectivity index (χ3v) is 11.2. The van der Waals surface area contributed by atoms with Crippen LogP contribution in [0, 0.1) is 0 Å². The van der Waals surface area contributed by atoms with E-state index in [0.717, 1.165) is 70.7 Å². The predicted molar refractivity (Wildman–Crippen MR) is 236 cm³/mol. The van der Waals surface area contributed by atoms with E-state index in [1.807, 2.05) is 24.8 Å². The van der Waals surface area contributed by atoms with E-state index in [1.54, 1.807) is 0 Å². The van der Waals surface area contributed by atoms with Crippen LogP contribution in [0.4, 0.5) is 0 Å². The molecule has 6 aromatic rings. The quantitative estimate of drug-likeness (QED) is 0.0645. The van der Waals surface area contributed by atoms with Crippen molar-refractivity contribution in [1.29, 1.82) is 0 Å². The van der Waals surface area contributed by atoms with Crippen molar-refractivity contribution < 1.29 is 4.74 Å².